The summed E-state index contributed by atoms with van der Waals surface area (Å²) in [4.78, 5) is 6.72. The van der Waals surface area contributed by atoms with Crippen molar-refractivity contribution in [2.45, 2.75) is 45.2 Å². The fraction of sp³-hybridized carbons (Fsp3) is 0.500. The average Bonchev–Trinajstić information content (AvgIpc) is 2.94. The first-order chi connectivity index (χ1) is 9.78. The summed E-state index contributed by atoms with van der Waals surface area (Å²) in [5, 5.41) is 3.96. The Kier molecular flexibility index (Phi) is 3.83. The van der Waals surface area contributed by atoms with Gasteiger partial charge in [-0.25, -0.2) is 0 Å². The van der Waals surface area contributed by atoms with Crippen LogP contribution >= 0.6 is 0 Å². The van der Waals surface area contributed by atoms with Crippen molar-refractivity contribution in [1.82, 2.24) is 15.0 Å². The quantitative estimate of drug-likeness (QED) is 0.856. The Morgan fingerprint density at radius 2 is 2.20 bits per heavy atom. The predicted octanol–water partition coefficient (Wildman–Crippen LogP) is 3.14. The van der Waals surface area contributed by atoms with Crippen molar-refractivity contribution in [2.24, 2.45) is 0 Å². The zero-order valence-corrected chi connectivity index (χ0v) is 12.2. The van der Waals surface area contributed by atoms with Crippen LogP contribution in [0, 0.1) is 0 Å². The van der Waals surface area contributed by atoms with Crippen molar-refractivity contribution in [2.75, 3.05) is 7.05 Å². The molecule has 20 heavy (non-hydrogen) atoms. The van der Waals surface area contributed by atoms with Crippen LogP contribution in [0.3, 0.4) is 0 Å². The molecule has 106 valence electrons. The lowest BCUT2D eigenvalue weighted by Gasteiger charge is -2.32. The molecule has 0 fully saturated rings. The summed E-state index contributed by atoms with van der Waals surface area (Å²) in [5.74, 6) is 1.50. The molecule has 0 radical (unpaired) electrons. The van der Waals surface area contributed by atoms with Gasteiger partial charge >= 0.3 is 0 Å². The normalized spacial score (nSPS) is 18.2. The van der Waals surface area contributed by atoms with Crippen LogP contribution in [0.4, 0.5) is 0 Å². The molecular weight excluding hydrogens is 250 g/mol. The first kappa shape index (κ1) is 13.3. The van der Waals surface area contributed by atoms with E-state index in [-0.39, 0.29) is 0 Å². The van der Waals surface area contributed by atoms with Crippen LogP contribution in [0.1, 0.15) is 48.6 Å². The van der Waals surface area contributed by atoms with E-state index in [1.54, 1.807) is 0 Å². The second kappa shape index (κ2) is 5.75. The van der Waals surface area contributed by atoms with Gasteiger partial charge in [0.1, 0.15) is 0 Å². The zero-order valence-electron chi connectivity index (χ0n) is 12.2. The van der Waals surface area contributed by atoms with Gasteiger partial charge in [-0.05, 0) is 37.4 Å². The molecule has 0 amide bonds. The summed E-state index contributed by atoms with van der Waals surface area (Å²) in [5.41, 5.74) is 2.94. The summed E-state index contributed by atoms with van der Waals surface area (Å²) >= 11 is 0. The van der Waals surface area contributed by atoms with Gasteiger partial charge in [0.25, 0.3) is 0 Å². The third-order valence-corrected chi connectivity index (χ3v) is 4.08. The van der Waals surface area contributed by atoms with E-state index in [1.807, 2.05) is 6.92 Å². The fourth-order valence-corrected chi connectivity index (χ4v) is 3.01. The molecule has 0 N–H and O–H groups in total. The van der Waals surface area contributed by atoms with Crippen molar-refractivity contribution in [1.29, 1.82) is 0 Å². The van der Waals surface area contributed by atoms with Gasteiger partial charge in [0.15, 0.2) is 5.82 Å². The largest absolute Gasteiger partial charge is 0.338 e. The Hall–Kier alpha value is -1.68. The highest BCUT2D eigenvalue weighted by Gasteiger charge is 2.24. The minimum Gasteiger partial charge on any atom is -0.338 e. The average molecular weight is 271 g/mol. The van der Waals surface area contributed by atoms with Crippen LogP contribution in [0.15, 0.2) is 28.8 Å². The summed E-state index contributed by atoms with van der Waals surface area (Å²) in [6.45, 7) is 2.75. The number of rotatable bonds is 4. The Labute approximate surface area is 119 Å². The molecule has 4 heteroatoms. The molecule has 2 aromatic rings. The minimum absolute atomic E-state index is 0.455. The van der Waals surface area contributed by atoms with Crippen molar-refractivity contribution in [3.8, 4) is 0 Å². The highest BCUT2D eigenvalue weighted by Crippen LogP contribution is 2.33. The lowest BCUT2D eigenvalue weighted by atomic mass is 9.87. The molecule has 0 aliphatic heterocycles. The Balaban J connectivity index is 1.76. The minimum atomic E-state index is 0.455. The van der Waals surface area contributed by atoms with Gasteiger partial charge in [-0.3, -0.25) is 4.90 Å². The summed E-state index contributed by atoms with van der Waals surface area (Å²) < 4.78 is 5.30. The highest BCUT2D eigenvalue weighted by molar-refractivity contribution is 5.32. The molecule has 0 saturated carbocycles. The molecule has 1 aromatic heterocycles. The SMILES string of the molecule is CCc1noc(CN(C)C2CCCc3ccccc32)n1. The topological polar surface area (TPSA) is 42.2 Å². The molecule has 0 spiro atoms. The summed E-state index contributed by atoms with van der Waals surface area (Å²) in [7, 11) is 2.14. The van der Waals surface area contributed by atoms with E-state index in [1.165, 1.54) is 30.4 Å². The molecule has 1 aliphatic carbocycles. The van der Waals surface area contributed by atoms with Crippen molar-refractivity contribution < 1.29 is 4.52 Å². The monoisotopic (exact) mass is 271 g/mol. The molecule has 1 unspecified atom stereocenters. The first-order valence-electron chi connectivity index (χ1n) is 7.37. The molecule has 0 saturated heterocycles. The van der Waals surface area contributed by atoms with Crippen molar-refractivity contribution in [3.05, 3.63) is 47.1 Å². The molecule has 1 aromatic carbocycles. The van der Waals surface area contributed by atoms with E-state index in [0.717, 1.165) is 12.2 Å². The van der Waals surface area contributed by atoms with Gasteiger partial charge in [0.2, 0.25) is 5.89 Å². The highest BCUT2D eigenvalue weighted by atomic mass is 16.5. The maximum atomic E-state index is 5.30. The molecule has 4 nitrogen and oxygen atoms in total. The second-order valence-corrected chi connectivity index (χ2v) is 5.48. The fourth-order valence-electron chi connectivity index (χ4n) is 3.01. The van der Waals surface area contributed by atoms with E-state index in [9.17, 15) is 0 Å². The Morgan fingerprint density at radius 1 is 1.35 bits per heavy atom. The van der Waals surface area contributed by atoms with E-state index >= 15 is 0 Å². The number of aromatic nitrogens is 2. The number of aryl methyl sites for hydroxylation is 2. The number of hydrogen-bond donors (Lipinski definition) is 0. The number of nitrogens with zero attached hydrogens (tertiary/aromatic N) is 3. The van der Waals surface area contributed by atoms with Gasteiger partial charge in [-0.2, -0.15) is 4.98 Å². The van der Waals surface area contributed by atoms with Crippen LogP contribution in [-0.4, -0.2) is 22.1 Å². The van der Waals surface area contributed by atoms with Crippen LogP contribution in [0.25, 0.3) is 0 Å². The maximum Gasteiger partial charge on any atom is 0.240 e. The predicted molar refractivity (Wildman–Crippen MR) is 77.3 cm³/mol. The van der Waals surface area contributed by atoms with E-state index < -0.39 is 0 Å². The lowest BCUT2D eigenvalue weighted by molar-refractivity contribution is 0.187. The van der Waals surface area contributed by atoms with E-state index in [0.29, 0.717) is 18.5 Å². The third-order valence-electron chi connectivity index (χ3n) is 4.08. The molecule has 3 rings (SSSR count). The summed E-state index contributed by atoms with van der Waals surface area (Å²) in [6, 6.07) is 9.22. The van der Waals surface area contributed by atoms with Crippen LogP contribution in [-0.2, 0) is 19.4 Å². The van der Waals surface area contributed by atoms with Gasteiger partial charge in [0.05, 0.1) is 6.54 Å². The van der Waals surface area contributed by atoms with Gasteiger partial charge in [0, 0.05) is 12.5 Å². The Bertz CT molecular complexity index is 579. The molecule has 1 heterocycles. The molecule has 0 bridgehead atoms. The Morgan fingerprint density at radius 3 is 3.00 bits per heavy atom. The zero-order chi connectivity index (χ0) is 13.9. The first-order valence-corrected chi connectivity index (χ1v) is 7.37. The number of hydrogen-bond acceptors (Lipinski definition) is 4. The lowest BCUT2D eigenvalue weighted by Crippen LogP contribution is -2.27. The van der Waals surface area contributed by atoms with E-state index in [4.69, 9.17) is 4.52 Å². The standard InChI is InChI=1S/C16H21N3O/c1-3-15-17-16(20-18-15)11-19(2)14-10-6-8-12-7-4-5-9-13(12)14/h4-5,7,9,14H,3,6,8,10-11H2,1-2H3. The van der Waals surface area contributed by atoms with Crippen molar-refractivity contribution >= 4 is 0 Å². The van der Waals surface area contributed by atoms with Gasteiger partial charge < -0.3 is 4.52 Å². The van der Waals surface area contributed by atoms with Crippen LogP contribution in [0.5, 0.6) is 0 Å². The van der Waals surface area contributed by atoms with Crippen LogP contribution < -0.4 is 0 Å². The second-order valence-electron chi connectivity index (χ2n) is 5.48. The van der Waals surface area contributed by atoms with Gasteiger partial charge in [-0.15, -0.1) is 0 Å². The molecule has 1 atom stereocenters. The number of benzene rings is 1. The smallest absolute Gasteiger partial charge is 0.240 e. The molecule has 1 aliphatic rings. The third kappa shape index (κ3) is 2.61. The van der Waals surface area contributed by atoms with Crippen LogP contribution in [0.2, 0.25) is 0 Å². The maximum absolute atomic E-state index is 5.30. The van der Waals surface area contributed by atoms with E-state index in [2.05, 4.69) is 46.4 Å². The molecular formula is C16H21N3O. The van der Waals surface area contributed by atoms with Crippen molar-refractivity contribution in [3.63, 3.8) is 0 Å². The summed E-state index contributed by atoms with van der Waals surface area (Å²) in [6.07, 6.45) is 4.46. The van der Waals surface area contributed by atoms with Gasteiger partial charge in [-0.1, -0.05) is 36.3 Å². The number of fused-ring (bicyclic) bond motifs is 1.